The van der Waals surface area contributed by atoms with E-state index in [-0.39, 0.29) is 24.8 Å². The molecule has 0 aromatic heterocycles. The van der Waals surface area contributed by atoms with Gasteiger partial charge in [-0.25, -0.2) is 0 Å². The highest BCUT2D eigenvalue weighted by Gasteiger charge is 2.97. The Labute approximate surface area is 182 Å². The number of allylic oxidation sites excluding steroid dienone is 2. The van der Waals surface area contributed by atoms with Gasteiger partial charge < -0.3 is 10.2 Å². The van der Waals surface area contributed by atoms with Crippen LogP contribution in [0.25, 0.3) is 0 Å². The van der Waals surface area contributed by atoms with Crippen LogP contribution in [0.2, 0.25) is 0 Å². The maximum Gasteiger partial charge on any atom is 0.329 e. The SMILES string of the molecule is Cl.Cl.O=C(O)C1(Cl)C2(Cl)C(Cl)=C(Cl)C(Cl)(C2(Cl)Cl)C1(Cl)C(=O)O. The smallest absolute Gasteiger partial charge is 0.329 e. The van der Waals surface area contributed by atoms with E-state index in [0.717, 1.165) is 0 Å². The van der Waals surface area contributed by atoms with Crippen LogP contribution < -0.4 is 0 Å². The van der Waals surface area contributed by atoms with Crippen molar-refractivity contribution in [3.63, 3.8) is 0 Å². The molecule has 14 heteroatoms. The van der Waals surface area contributed by atoms with Gasteiger partial charge in [-0.1, -0.05) is 46.4 Å². The molecule has 1 fully saturated rings. The summed E-state index contributed by atoms with van der Waals surface area (Å²) in [6, 6.07) is 0. The average molecular weight is 531 g/mol. The fourth-order valence-corrected chi connectivity index (χ4v) is 6.97. The molecule has 0 amide bonds. The van der Waals surface area contributed by atoms with E-state index in [1.54, 1.807) is 0 Å². The molecular formula is C9H4Cl10O4. The molecule has 1 saturated carbocycles. The van der Waals surface area contributed by atoms with Crippen LogP contribution in [-0.2, 0) is 9.59 Å². The molecule has 0 saturated heterocycles. The Morgan fingerprint density at radius 2 is 0.913 bits per heavy atom. The molecule has 2 N–H and O–H groups in total. The molecule has 2 aliphatic rings. The van der Waals surface area contributed by atoms with Crippen molar-refractivity contribution in [3.05, 3.63) is 10.1 Å². The fourth-order valence-electron chi connectivity index (χ4n) is 2.61. The lowest BCUT2D eigenvalue weighted by Crippen LogP contribution is -2.68. The quantitative estimate of drug-likeness (QED) is 0.503. The van der Waals surface area contributed by atoms with Crippen LogP contribution in [-0.4, -0.2) is 46.0 Å². The average Bonchev–Trinajstić information content (AvgIpc) is 2.53. The molecule has 2 aliphatic carbocycles. The zero-order chi connectivity index (χ0) is 16.8. The highest BCUT2D eigenvalue weighted by molar-refractivity contribution is 6.73. The summed E-state index contributed by atoms with van der Waals surface area (Å²) in [6.45, 7) is 0. The first-order valence-corrected chi connectivity index (χ1v) is 7.89. The second-order valence-electron chi connectivity index (χ2n) is 4.45. The van der Waals surface area contributed by atoms with Crippen LogP contribution in [0.4, 0.5) is 0 Å². The molecule has 0 aromatic carbocycles. The van der Waals surface area contributed by atoms with E-state index >= 15 is 0 Å². The van der Waals surface area contributed by atoms with E-state index in [4.69, 9.17) is 92.8 Å². The van der Waals surface area contributed by atoms with Gasteiger partial charge in [0.05, 0.1) is 10.1 Å². The number of carboxylic acid groups (broad SMARTS) is 2. The van der Waals surface area contributed by atoms with E-state index in [1.165, 1.54) is 0 Å². The minimum atomic E-state index is -2.98. The first-order valence-electron chi connectivity index (χ1n) is 4.87. The van der Waals surface area contributed by atoms with Gasteiger partial charge in [-0.05, 0) is 0 Å². The largest absolute Gasteiger partial charge is 0.480 e. The van der Waals surface area contributed by atoms with Crippen molar-refractivity contribution in [1.29, 1.82) is 0 Å². The normalized spacial score (nSPS) is 43.7. The molecule has 2 rings (SSSR count). The molecule has 0 heterocycles. The van der Waals surface area contributed by atoms with E-state index < -0.39 is 45.8 Å². The summed E-state index contributed by atoms with van der Waals surface area (Å²) in [5.41, 5.74) is 0. The van der Waals surface area contributed by atoms with E-state index in [0.29, 0.717) is 0 Å². The van der Waals surface area contributed by atoms with Gasteiger partial charge in [0.2, 0.25) is 9.75 Å². The van der Waals surface area contributed by atoms with Crippen molar-refractivity contribution in [1.82, 2.24) is 0 Å². The van der Waals surface area contributed by atoms with Crippen LogP contribution in [0.15, 0.2) is 10.1 Å². The summed E-state index contributed by atoms with van der Waals surface area (Å²) in [4.78, 5) is 12.2. The van der Waals surface area contributed by atoms with Crippen molar-refractivity contribution in [2.45, 2.75) is 23.8 Å². The maximum atomic E-state index is 11.7. The fraction of sp³-hybridized carbons (Fsp3) is 0.556. The molecule has 23 heavy (non-hydrogen) atoms. The monoisotopic (exact) mass is 526 g/mol. The molecular weight excluding hydrogens is 527 g/mol. The number of hydrogen-bond donors (Lipinski definition) is 2. The Kier molecular flexibility index (Phi) is 6.77. The molecule has 0 radical (unpaired) electrons. The summed E-state index contributed by atoms with van der Waals surface area (Å²) in [5, 5.41) is 17.7. The Bertz CT molecular complexity index is 571. The summed E-state index contributed by atoms with van der Waals surface area (Å²) in [6.07, 6.45) is 0. The Morgan fingerprint density at radius 1 is 0.696 bits per heavy atom. The van der Waals surface area contributed by atoms with Crippen molar-refractivity contribution in [3.8, 4) is 0 Å². The van der Waals surface area contributed by atoms with Gasteiger partial charge in [0.15, 0.2) is 4.33 Å². The Balaban J connectivity index is 0.00000242. The van der Waals surface area contributed by atoms with E-state index in [2.05, 4.69) is 0 Å². The summed E-state index contributed by atoms with van der Waals surface area (Å²) >= 11 is 48.3. The number of halogens is 10. The highest BCUT2D eigenvalue weighted by atomic mass is 35.5. The third-order valence-corrected chi connectivity index (χ3v) is 9.69. The number of aliphatic carboxylic acids is 2. The number of hydrogen-bond acceptors (Lipinski definition) is 2. The predicted octanol–water partition coefficient (Wildman–Crippen LogP) is 4.80. The lowest BCUT2D eigenvalue weighted by molar-refractivity contribution is -0.150. The molecule has 134 valence electrons. The van der Waals surface area contributed by atoms with Crippen molar-refractivity contribution >= 4 is 130 Å². The van der Waals surface area contributed by atoms with Crippen LogP contribution in [0.1, 0.15) is 0 Å². The third-order valence-electron chi connectivity index (χ3n) is 3.68. The number of alkyl halides is 6. The summed E-state index contributed by atoms with van der Waals surface area (Å²) in [5.74, 6) is -3.85. The molecule has 4 unspecified atom stereocenters. The van der Waals surface area contributed by atoms with Gasteiger partial charge in [-0.2, -0.15) is 0 Å². The predicted molar refractivity (Wildman–Crippen MR) is 97.3 cm³/mol. The zero-order valence-corrected chi connectivity index (χ0v) is 17.7. The molecule has 4 atom stereocenters. The third kappa shape index (κ3) is 1.97. The van der Waals surface area contributed by atoms with Crippen LogP contribution >= 0.6 is 118 Å². The summed E-state index contributed by atoms with van der Waals surface area (Å²) < 4.78 is -2.52. The standard InChI is InChI=1S/C9H2Cl8O4.2ClH/c10-1-2(11)6(13)8(15,4(20)21)7(14,3(18)19)5(1,12)9(6,16)17;;/h(H,18,19)(H,20,21);2*1H. The van der Waals surface area contributed by atoms with Gasteiger partial charge in [-0.3, -0.25) is 9.59 Å². The number of carbonyl (C=O) groups is 2. The first kappa shape index (κ1) is 24.6. The molecule has 0 aliphatic heterocycles. The second kappa shape index (κ2) is 6.33. The van der Waals surface area contributed by atoms with Crippen LogP contribution in [0.5, 0.6) is 0 Å². The van der Waals surface area contributed by atoms with Gasteiger partial charge in [0.25, 0.3) is 0 Å². The molecule has 0 aromatic rings. The number of carboxylic acids is 2. The minimum Gasteiger partial charge on any atom is -0.480 e. The van der Waals surface area contributed by atoms with Crippen molar-refractivity contribution < 1.29 is 19.8 Å². The molecule has 2 bridgehead atoms. The van der Waals surface area contributed by atoms with Gasteiger partial charge in [-0.15, -0.1) is 71.2 Å². The van der Waals surface area contributed by atoms with Gasteiger partial charge >= 0.3 is 11.9 Å². The maximum absolute atomic E-state index is 11.7. The van der Waals surface area contributed by atoms with Gasteiger partial charge in [0, 0.05) is 0 Å². The van der Waals surface area contributed by atoms with Crippen molar-refractivity contribution in [2.24, 2.45) is 0 Å². The topological polar surface area (TPSA) is 74.6 Å². The second-order valence-corrected chi connectivity index (χ2v) is 8.80. The molecule has 0 spiro atoms. The van der Waals surface area contributed by atoms with Crippen LogP contribution in [0, 0.1) is 0 Å². The number of rotatable bonds is 2. The lowest BCUT2D eigenvalue weighted by atomic mass is 9.80. The highest BCUT2D eigenvalue weighted by Crippen LogP contribution is 2.81. The minimum absolute atomic E-state index is 0. The first-order chi connectivity index (χ1) is 9.20. The molecule has 4 nitrogen and oxygen atoms in total. The Morgan fingerprint density at radius 3 is 1.09 bits per heavy atom. The Hall–Kier alpha value is 1.58. The van der Waals surface area contributed by atoms with E-state index in [1.807, 2.05) is 0 Å². The number of fused-ring (bicyclic) bond motifs is 2. The lowest BCUT2D eigenvalue weighted by Gasteiger charge is -2.43. The van der Waals surface area contributed by atoms with Crippen LogP contribution in [0.3, 0.4) is 0 Å². The van der Waals surface area contributed by atoms with Gasteiger partial charge in [0.1, 0.15) is 9.75 Å². The zero-order valence-electron chi connectivity index (χ0n) is 10.1. The van der Waals surface area contributed by atoms with E-state index in [9.17, 15) is 19.8 Å². The summed E-state index contributed by atoms with van der Waals surface area (Å²) in [7, 11) is 0. The van der Waals surface area contributed by atoms with Crippen molar-refractivity contribution in [2.75, 3.05) is 0 Å².